The van der Waals surface area contributed by atoms with Gasteiger partial charge in [-0.25, -0.2) is 12.7 Å². The van der Waals surface area contributed by atoms with Gasteiger partial charge in [0.2, 0.25) is 15.9 Å². The molecule has 1 fully saturated rings. The number of sulfonamides is 1. The Morgan fingerprint density at radius 2 is 1.65 bits per heavy atom. The van der Waals surface area contributed by atoms with Crippen molar-refractivity contribution in [1.29, 1.82) is 0 Å². The van der Waals surface area contributed by atoms with Crippen LogP contribution in [0.2, 0.25) is 0 Å². The first-order valence-electron chi connectivity index (χ1n) is 8.66. The summed E-state index contributed by atoms with van der Waals surface area (Å²) >= 11 is 0. The van der Waals surface area contributed by atoms with Crippen LogP contribution < -0.4 is 5.32 Å². The first-order chi connectivity index (χ1) is 10.4. The standard InChI is InChI=1S/C17H34N2O3S/c1-7-12-23(21,22)19-10-8-14(9-11-19)15(20)18-17(5,6)13-16(2,3)4/h14H,7-13H2,1-6H3,(H,18,20). The van der Waals surface area contributed by atoms with Crippen molar-refractivity contribution >= 4 is 15.9 Å². The molecular weight excluding hydrogens is 312 g/mol. The highest BCUT2D eigenvalue weighted by atomic mass is 32.2. The van der Waals surface area contributed by atoms with Gasteiger partial charge >= 0.3 is 0 Å². The molecule has 1 heterocycles. The Bertz CT molecular complexity index is 498. The molecule has 0 aromatic heterocycles. The summed E-state index contributed by atoms with van der Waals surface area (Å²) in [6.45, 7) is 13.4. The number of carbonyl (C=O) groups excluding carboxylic acids is 1. The van der Waals surface area contributed by atoms with Gasteiger partial charge in [-0.1, -0.05) is 27.7 Å². The van der Waals surface area contributed by atoms with Gasteiger partial charge in [0.05, 0.1) is 5.75 Å². The third kappa shape index (κ3) is 6.79. The molecule has 1 saturated heterocycles. The zero-order valence-corrected chi connectivity index (χ0v) is 16.4. The summed E-state index contributed by atoms with van der Waals surface area (Å²) < 4.78 is 25.7. The van der Waals surface area contributed by atoms with Gasteiger partial charge in [0.1, 0.15) is 0 Å². The molecule has 136 valence electrons. The third-order valence-electron chi connectivity index (χ3n) is 4.11. The van der Waals surface area contributed by atoms with E-state index in [1.165, 1.54) is 0 Å². The normalized spacial score (nSPS) is 18.9. The SMILES string of the molecule is CCCS(=O)(=O)N1CCC(C(=O)NC(C)(C)CC(C)(C)C)CC1. The number of nitrogens with one attached hydrogen (secondary N) is 1. The van der Waals surface area contributed by atoms with E-state index in [0.29, 0.717) is 32.4 Å². The monoisotopic (exact) mass is 346 g/mol. The molecule has 0 saturated carbocycles. The number of hydrogen-bond donors (Lipinski definition) is 1. The summed E-state index contributed by atoms with van der Waals surface area (Å²) in [5, 5.41) is 3.15. The van der Waals surface area contributed by atoms with E-state index in [9.17, 15) is 13.2 Å². The van der Waals surface area contributed by atoms with Gasteiger partial charge in [-0.2, -0.15) is 0 Å². The molecule has 6 heteroatoms. The van der Waals surface area contributed by atoms with E-state index in [1.807, 2.05) is 6.92 Å². The second-order valence-corrected chi connectivity index (χ2v) is 10.7. The maximum atomic E-state index is 12.5. The summed E-state index contributed by atoms with van der Waals surface area (Å²) in [4.78, 5) is 12.5. The van der Waals surface area contributed by atoms with Crippen LogP contribution in [0.1, 0.15) is 67.2 Å². The van der Waals surface area contributed by atoms with Crippen molar-refractivity contribution in [1.82, 2.24) is 9.62 Å². The molecule has 0 radical (unpaired) electrons. The molecule has 1 amide bonds. The quantitative estimate of drug-likeness (QED) is 0.804. The summed E-state index contributed by atoms with van der Waals surface area (Å²) in [7, 11) is -3.14. The van der Waals surface area contributed by atoms with Gasteiger partial charge in [0.15, 0.2) is 0 Å². The van der Waals surface area contributed by atoms with Crippen molar-refractivity contribution in [3.8, 4) is 0 Å². The molecule has 0 aromatic carbocycles. The van der Waals surface area contributed by atoms with Crippen LogP contribution in [0.25, 0.3) is 0 Å². The van der Waals surface area contributed by atoms with E-state index in [4.69, 9.17) is 0 Å². The van der Waals surface area contributed by atoms with Crippen LogP contribution in [-0.2, 0) is 14.8 Å². The number of amides is 1. The Kier molecular flexibility index (Phi) is 6.67. The molecule has 0 aliphatic carbocycles. The summed E-state index contributed by atoms with van der Waals surface area (Å²) in [6.07, 6.45) is 2.75. The van der Waals surface area contributed by atoms with Crippen LogP contribution in [0.5, 0.6) is 0 Å². The van der Waals surface area contributed by atoms with Crippen molar-refractivity contribution in [3.05, 3.63) is 0 Å². The van der Waals surface area contributed by atoms with Crippen LogP contribution in [0, 0.1) is 11.3 Å². The van der Waals surface area contributed by atoms with Gasteiger partial charge in [-0.15, -0.1) is 0 Å². The van der Waals surface area contributed by atoms with E-state index in [1.54, 1.807) is 4.31 Å². The average molecular weight is 347 g/mol. The molecule has 1 rings (SSSR count). The second kappa shape index (κ2) is 7.51. The van der Waals surface area contributed by atoms with Crippen LogP contribution >= 0.6 is 0 Å². The van der Waals surface area contributed by atoms with Crippen LogP contribution in [0.3, 0.4) is 0 Å². The molecule has 5 nitrogen and oxygen atoms in total. The Labute approximate surface area is 142 Å². The molecular formula is C17H34N2O3S. The van der Waals surface area contributed by atoms with E-state index in [-0.39, 0.29) is 28.5 Å². The second-order valence-electron chi connectivity index (χ2n) is 8.60. The summed E-state index contributed by atoms with van der Waals surface area (Å²) in [5.41, 5.74) is -0.102. The van der Waals surface area contributed by atoms with Crippen LogP contribution in [0.4, 0.5) is 0 Å². The minimum absolute atomic E-state index is 0.0618. The fraction of sp³-hybridized carbons (Fsp3) is 0.941. The Morgan fingerprint density at radius 1 is 1.13 bits per heavy atom. The molecule has 0 aromatic rings. The summed E-state index contributed by atoms with van der Waals surface area (Å²) in [6, 6.07) is 0. The van der Waals surface area contributed by atoms with Gasteiger partial charge in [0, 0.05) is 24.5 Å². The molecule has 0 atom stereocenters. The lowest BCUT2D eigenvalue weighted by atomic mass is 9.81. The zero-order valence-electron chi connectivity index (χ0n) is 15.6. The molecule has 1 aliphatic heterocycles. The smallest absolute Gasteiger partial charge is 0.223 e. The average Bonchev–Trinajstić information content (AvgIpc) is 2.35. The molecule has 23 heavy (non-hydrogen) atoms. The number of rotatable bonds is 6. The van der Waals surface area contributed by atoms with E-state index in [0.717, 1.165) is 6.42 Å². The number of nitrogens with zero attached hydrogens (tertiary/aromatic N) is 1. The van der Waals surface area contributed by atoms with Crippen molar-refractivity contribution in [3.63, 3.8) is 0 Å². The third-order valence-corrected chi connectivity index (χ3v) is 6.19. The number of carbonyl (C=O) groups is 1. The lowest BCUT2D eigenvalue weighted by Crippen LogP contribution is -2.50. The number of hydrogen-bond acceptors (Lipinski definition) is 3. The number of piperidine rings is 1. The zero-order chi connectivity index (χ0) is 17.9. The Balaban J connectivity index is 2.56. The lowest BCUT2D eigenvalue weighted by molar-refractivity contribution is -0.128. The maximum absolute atomic E-state index is 12.5. The largest absolute Gasteiger partial charge is 0.351 e. The fourth-order valence-corrected chi connectivity index (χ4v) is 5.13. The highest BCUT2D eigenvalue weighted by Crippen LogP contribution is 2.28. The molecule has 0 spiro atoms. The van der Waals surface area contributed by atoms with E-state index in [2.05, 4.69) is 39.9 Å². The van der Waals surface area contributed by atoms with Crippen LogP contribution in [0.15, 0.2) is 0 Å². The van der Waals surface area contributed by atoms with Crippen molar-refractivity contribution in [2.45, 2.75) is 72.8 Å². The van der Waals surface area contributed by atoms with E-state index < -0.39 is 10.0 Å². The van der Waals surface area contributed by atoms with Gasteiger partial charge in [0.25, 0.3) is 0 Å². The van der Waals surface area contributed by atoms with E-state index >= 15 is 0 Å². The topological polar surface area (TPSA) is 66.5 Å². The van der Waals surface area contributed by atoms with Crippen LogP contribution in [-0.4, -0.2) is 43.0 Å². The Hall–Kier alpha value is -0.620. The lowest BCUT2D eigenvalue weighted by Gasteiger charge is -2.36. The van der Waals surface area contributed by atoms with Gasteiger partial charge in [-0.05, 0) is 44.9 Å². The van der Waals surface area contributed by atoms with Crippen molar-refractivity contribution in [2.24, 2.45) is 11.3 Å². The molecule has 1 aliphatic rings. The highest BCUT2D eigenvalue weighted by Gasteiger charge is 2.33. The molecule has 0 unspecified atom stereocenters. The fourth-order valence-electron chi connectivity index (χ4n) is 3.59. The van der Waals surface area contributed by atoms with Crippen molar-refractivity contribution in [2.75, 3.05) is 18.8 Å². The predicted molar refractivity (Wildman–Crippen MR) is 94.7 cm³/mol. The Morgan fingerprint density at radius 3 is 2.09 bits per heavy atom. The van der Waals surface area contributed by atoms with Crippen molar-refractivity contribution < 1.29 is 13.2 Å². The summed E-state index contributed by atoms with van der Waals surface area (Å²) in [5.74, 6) is 0.178. The van der Waals surface area contributed by atoms with Gasteiger partial charge in [-0.3, -0.25) is 4.79 Å². The minimum atomic E-state index is -3.14. The van der Waals surface area contributed by atoms with Gasteiger partial charge < -0.3 is 5.32 Å². The first-order valence-corrected chi connectivity index (χ1v) is 10.3. The molecule has 0 bridgehead atoms. The first kappa shape index (κ1) is 20.4. The minimum Gasteiger partial charge on any atom is -0.351 e. The maximum Gasteiger partial charge on any atom is 0.223 e. The molecule has 1 N–H and O–H groups in total. The highest BCUT2D eigenvalue weighted by molar-refractivity contribution is 7.89. The predicted octanol–water partition coefficient (Wildman–Crippen LogP) is 2.77.